The van der Waals surface area contributed by atoms with E-state index in [0.717, 1.165) is 5.01 Å². The molecule has 3 amide bonds. The number of hydrazine groups is 1. The molecule has 0 fully saturated rings. The monoisotopic (exact) mass is 498 g/mol. The van der Waals surface area contributed by atoms with Crippen molar-refractivity contribution in [2.24, 2.45) is 0 Å². The molecule has 0 aliphatic carbocycles. The molecule has 0 bridgehead atoms. The molecule has 0 saturated heterocycles. The third kappa shape index (κ3) is 5.95. The fraction of sp³-hybridized carbons (Fsp3) is 0.192. The maximum Gasteiger partial charge on any atom is 0.438 e. The number of carbonyl (C=O) groups is 3. The third-order valence-electron chi connectivity index (χ3n) is 4.77. The molecular formula is C26H24Cl2N2O4. The quantitative estimate of drug-likeness (QED) is 0.296. The summed E-state index contributed by atoms with van der Waals surface area (Å²) in [6.07, 6.45) is -1.09. The number of carbonyl (C=O) groups excluding carboxylic acids is 3. The van der Waals surface area contributed by atoms with Crippen molar-refractivity contribution in [3.05, 3.63) is 107 Å². The van der Waals surface area contributed by atoms with Gasteiger partial charge in [-0.15, -0.1) is 5.01 Å². The standard InChI is InChI=1S/C26H24Cl2N2O4/c1-26(2,3)30(24(32)19-12-8-5-9-13-19)29(23(31)20-14-16-21(27)17-15-20)25(33)34-22(28)18-10-6-4-7-11-18/h4-17,22H,1-3H3. The molecule has 0 spiro atoms. The Kier molecular flexibility index (Phi) is 7.97. The summed E-state index contributed by atoms with van der Waals surface area (Å²) >= 11 is 12.3. The zero-order chi connectivity index (χ0) is 24.9. The average Bonchev–Trinajstić information content (AvgIpc) is 2.82. The summed E-state index contributed by atoms with van der Waals surface area (Å²) < 4.78 is 5.44. The summed E-state index contributed by atoms with van der Waals surface area (Å²) in [5, 5.41) is 2.19. The van der Waals surface area contributed by atoms with Crippen LogP contribution in [0.5, 0.6) is 0 Å². The highest BCUT2D eigenvalue weighted by Crippen LogP contribution is 2.27. The lowest BCUT2D eigenvalue weighted by atomic mass is 10.1. The van der Waals surface area contributed by atoms with E-state index in [2.05, 4.69) is 0 Å². The van der Waals surface area contributed by atoms with Gasteiger partial charge in [-0.05, 0) is 57.2 Å². The van der Waals surface area contributed by atoms with Crippen LogP contribution in [0, 0.1) is 0 Å². The molecule has 8 heteroatoms. The van der Waals surface area contributed by atoms with E-state index >= 15 is 0 Å². The van der Waals surface area contributed by atoms with Crippen molar-refractivity contribution in [3.8, 4) is 0 Å². The number of hydrogen-bond acceptors (Lipinski definition) is 4. The highest BCUT2D eigenvalue weighted by Gasteiger charge is 2.41. The van der Waals surface area contributed by atoms with E-state index in [1.54, 1.807) is 81.4 Å². The van der Waals surface area contributed by atoms with Gasteiger partial charge in [-0.25, -0.2) is 9.80 Å². The van der Waals surface area contributed by atoms with Crippen molar-refractivity contribution in [1.29, 1.82) is 0 Å². The fourth-order valence-electron chi connectivity index (χ4n) is 3.18. The van der Waals surface area contributed by atoms with Crippen LogP contribution in [-0.2, 0) is 4.74 Å². The molecule has 0 aromatic heterocycles. The Labute approximate surface area is 208 Å². The lowest BCUT2D eigenvalue weighted by molar-refractivity contribution is -0.0420. The first-order chi connectivity index (χ1) is 16.1. The molecule has 1 atom stereocenters. The van der Waals surface area contributed by atoms with E-state index in [9.17, 15) is 14.4 Å². The zero-order valence-corrected chi connectivity index (χ0v) is 20.5. The van der Waals surface area contributed by atoms with Crippen LogP contribution in [0.15, 0.2) is 84.9 Å². The van der Waals surface area contributed by atoms with E-state index in [0.29, 0.717) is 21.2 Å². The van der Waals surface area contributed by atoms with Crippen molar-refractivity contribution in [1.82, 2.24) is 10.0 Å². The molecule has 0 saturated carbocycles. The third-order valence-corrected chi connectivity index (χ3v) is 5.36. The smallest absolute Gasteiger partial charge is 0.424 e. The SMILES string of the molecule is CC(C)(C)N(C(=O)c1ccccc1)N(C(=O)OC(Cl)c1ccccc1)C(=O)c1ccc(Cl)cc1. The predicted molar refractivity (Wildman–Crippen MR) is 132 cm³/mol. The Morgan fingerprint density at radius 2 is 1.26 bits per heavy atom. The summed E-state index contributed by atoms with van der Waals surface area (Å²) in [4.78, 5) is 40.5. The van der Waals surface area contributed by atoms with Gasteiger partial charge in [0.2, 0.25) is 5.56 Å². The maximum atomic E-state index is 13.6. The summed E-state index contributed by atoms with van der Waals surface area (Å²) in [7, 11) is 0. The number of nitrogens with zero attached hydrogens (tertiary/aromatic N) is 2. The highest BCUT2D eigenvalue weighted by atomic mass is 35.5. The Morgan fingerprint density at radius 3 is 1.79 bits per heavy atom. The van der Waals surface area contributed by atoms with Gasteiger partial charge >= 0.3 is 6.09 Å². The van der Waals surface area contributed by atoms with Gasteiger partial charge in [0, 0.05) is 21.7 Å². The number of halogens is 2. The normalized spacial score (nSPS) is 11.9. The van der Waals surface area contributed by atoms with Crippen molar-refractivity contribution >= 4 is 41.1 Å². The number of rotatable bonds is 4. The van der Waals surface area contributed by atoms with Crippen molar-refractivity contribution in [3.63, 3.8) is 0 Å². The van der Waals surface area contributed by atoms with Crippen LogP contribution in [0.3, 0.4) is 0 Å². The first-order valence-electron chi connectivity index (χ1n) is 10.5. The van der Waals surface area contributed by atoms with Gasteiger partial charge in [0.15, 0.2) is 0 Å². The van der Waals surface area contributed by atoms with E-state index in [4.69, 9.17) is 27.9 Å². The Balaban J connectivity index is 2.06. The van der Waals surface area contributed by atoms with Gasteiger partial charge in [-0.2, -0.15) is 0 Å². The molecule has 3 rings (SSSR count). The molecule has 1 unspecified atom stereocenters. The largest absolute Gasteiger partial charge is 0.438 e. The van der Waals surface area contributed by atoms with Crippen molar-refractivity contribution in [2.75, 3.05) is 0 Å². The minimum Gasteiger partial charge on any atom is -0.424 e. The molecular weight excluding hydrogens is 475 g/mol. The van der Waals surface area contributed by atoms with Gasteiger partial charge in [0.05, 0.1) is 5.54 Å². The molecule has 0 aliphatic rings. The number of hydrogen-bond donors (Lipinski definition) is 0. The highest BCUT2D eigenvalue weighted by molar-refractivity contribution is 6.30. The Morgan fingerprint density at radius 1 is 0.765 bits per heavy atom. The molecule has 176 valence electrons. The summed E-state index contributed by atoms with van der Waals surface area (Å²) in [5.74, 6) is -1.32. The van der Waals surface area contributed by atoms with Crippen LogP contribution in [-0.4, -0.2) is 33.5 Å². The summed E-state index contributed by atoms with van der Waals surface area (Å²) in [6, 6.07) is 23.0. The van der Waals surface area contributed by atoms with E-state index < -0.39 is 29.0 Å². The van der Waals surface area contributed by atoms with E-state index in [1.807, 2.05) is 0 Å². The first-order valence-corrected chi connectivity index (χ1v) is 11.3. The summed E-state index contributed by atoms with van der Waals surface area (Å²) in [6.45, 7) is 5.12. The molecule has 0 heterocycles. The molecule has 3 aromatic rings. The lowest BCUT2D eigenvalue weighted by Crippen LogP contribution is -2.60. The molecule has 3 aromatic carbocycles. The minimum atomic E-state index is -1.18. The number of benzene rings is 3. The Hall–Kier alpha value is -3.35. The number of alkyl halides is 1. The first kappa shape index (κ1) is 25.3. The second kappa shape index (κ2) is 10.7. The van der Waals surface area contributed by atoms with Crippen LogP contribution in [0.1, 0.15) is 52.6 Å². The van der Waals surface area contributed by atoms with Crippen LogP contribution in [0.25, 0.3) is 0 Å². The molecule has 0 aliphatic heterocycles. The van der Waals surface area contributed by atoms with Crippen LogP contribution in [0.4, 0.5) is 4.79 Å². The fourth-order valence-corrected chi connectivity index (χ4v) is 3.53. The number of ether oxygens (including phenoxy) is 1. The summed E-state index contributed by atoms with van der Waals surface area (Å²) in [5.41, 5.74) is -1.20. The predicted octanol–water partition coefficient (Wildman–Crippen LogP) is 6.71. The molecule has 6 nitrogen and oxygen atoms in total. The van der Waals surface area contributed by atoms with Crippen LogP contribution < -0.4 is 0 Å². The van der Waals surface area contributed by atoms with Gasteiger partial charge in [0.25, 0.3) is 11.8 Å². The second-order valence-electron chi connectivity index (χ2n) is 8.39. The molecule has 0 N–H and O–H groups in total. The van der Waals surface area contributed by atoms with E-state index in [-0.39, 0.29) is 5.56 Å². The number of amides is 3. The average molecular weight is 499 g/mol. The Bertz CT molecular complexity index is 1150. The zero-order valence-electron chi connectivity index (χ0n) is 18.9. The van der Waals surface area contributed by atoms with Crippen LogP contribution in [0.2, 0.25) is 5.02 Å². The van der Waals surface area contributed by atoms with Gasteiger partial charge < -0.3 is 4.74 Å². The second-order valence-corrected chi connectivity index (χ2v) is 9.22. The van der Waals surface area contributed by atoms with Crippen molar-refractivity contribution < 1.29 is 19.1 Å². The van der Waals surface area contributed by atoms with Gasteiger partial charge in [0.1, 0.15) is 0 Å². The molecule has 0 radical (unpaired) electrons. The number of imide groups is 1. The lowest BCUT2D eigenvalue weighted by Gasteiger charge is -2.41. The minimum absolute atomic E-state index is 0.141. The topological polar surface area (TPSA) is 66.9 Å². The maximum absolute atomic E-state index is 13.6. The van der Waals surface area contributed by atoms with Gasteiger partial charge in [-0.3, -0.25) is 9.59 Å². The van der Waals surface area contributed by atoms with Crippen LogP contribution >= 0.6 is 23.2 Å². The van der Waals surface area contributed by atoms with Crippen molar-refractivity contribution in [2.45, 2.75) is 31.9 Å². The molecule has 34 heavy (non-hydrogen) atoms. The van der Waals surface area contributed by atoms with Gasteiger partial charge in [-0.1, -0.05) is 71.7 Å². The van der Waals surface area contributed by atoms with E-state index in [1.165, 1.54) is 24.3 Å².